The van der Waals surface area contributed by atoms with Gasteiger partial charge in [0.05, 0.1) is 11.0 Å². The van der Waals surface area contributed by atoms with E-state index >= 15 is 0 Å². The zero-order valence-electron chi connectivity index (χ0n) is 25.6. The fourth-order valence-electron chi connectivity index (χ4n) is 10.5. The van der Waals surface area contributed by atoms with Crippen LogP contribution < -0.4 is 5.32 Å². The molecule has 5 heteroatoms. The number of hydrogen-bond donors (Lipinski definition) is 1. The van der Waals surface area contributed by atoms with Gasteiger partial charge in [-0.05, 0) is 91.1 Å². The summed E-state index contributed by atoms with van der Waals surface area (Å²) in [5.74, 6) is -0.0166. The first-order chi connectivity index (χ1) is 17.9. The molecule has 3 fully saturated rings. The van der Waals surface area contributed by atoms with Gasteiger partial charge in [-0.25, -0.2) is 0 Å². The normalized spacial score (nSPS) is 45.8. The van der Waals surface area contributed by atoms with Gasteiger partial charge in [0.25, 0.3) is 0 Å². The largest absolute Gasteiger partial charge is 0.356 e. The Bertz CT molecular complexity index is 1270. The molecule has 2 unspecified atom stereocenters. The van der Waals surface area contributed by atoms with Crippen LogP contribution in [-0.2, 0) is 14.4 Å². The van der Waals surface area contributed by atoms with E-state index in [1.165, 1.54) is 0 Å². The van der Waals surface area contributed by atoms with Crippen LogP contribution in [0.15, 0.2) is 23.3 Å². The van der Waals surface area contributed by atoms with Crippen LogP contribution in [-0.4, -0.2) is 24.0 Å². The number of allylic oxidation sites excluding steroid dienone is 4. The van der Waals surface area contributed by atoms with Crippen LogP contribution in [0.3, 0.4) is 0 Å². The van der Waals surface area contributed by atoms with Gasteiger partial charge in [-0.15, -0.1) is 0 Å². The molecule has 0 radical (unpaired) electrons. The second-order valence-electron chi connectivity index (χ2n) is 15.8. The van der Waals surface area contributed by atoms with E-state index in [1.54, 1.807) is 0 Å². The van der Waals surface area contributed by atoms with Crippen LogP contribution in [0.1, 0.15) is 107 Å². The van der Waals surface area contributed by atoms with E-state index < -0.39 is 21.7 Å². The summed E-state index contributed by atoms with van der Waals surface area (Å²) in [6.45, 7) is 20.2. The van der Waals surface area contributed by atoms with Crippen molar-refractivity contribution in [2.75, 3.05) is 6.54 Å². The van der Waals surface area contributed by atoms with E-state index in [9.17, 15) is 19.6 Å². The Balaban J connectivity index is 1.72. The predicted octanol–water partition coefficient (Wildman–Crippen LogP) is 6.73. The Hall–Kier alpha value is -2.22. The van der Waals surface area contributed by atoms with Gasteiger partial charge < -0.3 is 5.32 Å². The van der Waals surface area contributed by atoms with Gasteiger partial charge in [0.15, 0.2) is 11.6 Å². The summed E-state index contributed by atoms with van der Waals surface area (Å²) >= 11 is 0. The molecule has 0 aromatic rings. The summed E-state index contributed by atoms with van der Waals surface area (Å²) in [6, 6.07) is 2.20. The summed E-state index contributed by atoms with van der Waals surface area (Å²) < 4.78 is 0. The van der Waals surface area contributed by atoms with Crippen molar-refractivity contribution in [3.63, 3.8) is 0 Å². The molecule has 0 saturated heterocycles. The molecule has 3 saturated carbocycles. The second-order valence-corrected chi connectivity index (χ2v) is 15.8. The maximum atomic E-state index is 14.6. The van der Waals surface area contributed by atoms with Crippen LogP contribution in [0.25, 0.3) is 0 Å². The third kappa shape index (κ3) is 3.21. The molecule has 0 aromatic heterocycles. The molecule has 1 amide bonds. The molecule has 0 heterocycles. The molecule has 212 valence electrons. The van der Waals surface area contributed by atoms with Gasteiger partial charge in [-0.1, -0.05) is 61.5 Å². The summed E-state index contributed by atoms with van der Waals surface area (Å²) in [4.78, 5) is 41.7. The lowest BCUT2D eigenvalue weighted by atomic mass is 9.31. The van der Waals surface area contributed by atoms with Crippen LogP contribution in [0.5, 0.6) is 0 Å². The van der Waals surface area contributed by atoms with Crippen molar-refractivity contribution in [1.82, 2.24) is 5.32 Å². The number of nitrogens with one attached hydrogen (secondary N) is 1. The molecule has 39 heavy (non-hydrogen) atoms. The van der Waals surface area contributed by atoms with Gasteiger partial charge >= 0.3 is 0 Å². The minimum absolute atomic E-state index is 0.00405. The van der Waals surface area contributed by atoms with Crippen LogP contribution in [0, 0.1) is 61.1 Å². The Morgan fingerprint density at radius 1 is 0.974 bits per heavy atom. The van der Waals surface area contributed by atoms with Gasteiger partial charge in [0, 0.05) is 23.3 Å². The average Bonchev–Trinajstić information content (AvgIpc) is 2.85. The summed E-state index contributed by atoms with van der Waals surface area (Å²) in [6.07, 6.45) is 9.92. The lowest BCUT2D eigenvalue weighted by Gasteiger charge is -2.71. The Morgan fingerprint density at radius 2 is 1.62 bits per heavy atom. The number of fused-ring (bicyclic) bond motifs is 7. The van der Waals surface area contributed by atoms with E-state index in [1.807, 2.05) is 32.9 Å². The molecule has 5 aliphatic rings. The molecule has 0 bridgehead atoms. The summed E-state index contributed by atoms with van der Waals surface area (Å²) in [5, 5.41) is 13.1. The maximum absolute atomic E-state index is 14.6. The minimum atomic E-state index is -0.724. The van der Waals surface area contributed by atoms with Crippen LogP contribution >= 0.6 is 0 Å². The van der Waals surface area contributed by atoms with E-state index in [0.717, 1.165) is 50.5 Å². The molecular formula is C34H48N2O3. The van der Waals surface area contributed by atoms with Gasteiger partial charge in [0.2, 0.25) is 5.91 Å². The van der Waals surface area contributed by atoms with Crippen molar-refractivity contribution in [3.8, 4) is 6.07 Å². The molecule has 0 aliphatic heterocycles. The molecular weight excluding hydrogens is 484 g/mol. The fraction of sp³-hybridized carbons (Fsp3) is 0.765. The molecule has 5 rings (SSSR count). The topological polar surface area (TPSA) is 87.0 Å². The minimum Gasteiger partial charge on any atom is -0.356 e. The first-order valence-electron chi connectivity index (χ1n) is 15.1. The van der Waals surface area contributed by atoms with E-state index in [0.29, 0.717) is 6.54 Å². The van der Waals surface area contributed by atoms with Crippen molar-refractivity contribution >= 4 is 17.5 Å². The molecule has 5 nitrogen and oxygen atoms in total. The number of ketones is 2. The average molecular weight is 533 g/mol. The zero-order valence-corrected chi connectivity index (χ0v) is 25.6. The molecule has 0 aromatic carbocycles. The SMILES string of the molecule is CCNC(=O)[C@]12CCC(C)(C)CC1C1C(=O)C=C3[C@@]4(C)C=C(C#N)C(=O)C(C)(C)[C@]4(C)CC[C@@]3(C)[C@]1(C)CC2. The standard InChI is InChI=1S/C34H48N2O3/c1-10-36-27(39)34-15-11-28(2,3)19-22(34)25-23(37)17-24-30(6,31(25,7)13-16-34)12-14-33(9)29(4,5)26(38)21(20-35)18-32(24,33)8/h17-18,22,25H,10-16,19H2,1-9H3,(H,36,39)/t22?,25?,30-,31-,32-,33+,34+/m1/s1. The van der Waals surface area contributed by atoms with Gasteiger partial charge in [-0.2, -0.15) is 5.26 Å². The number of Topliss-reactive ketones (excluding diaryl/α,β-unsaturated/α-hetero) is 1. The van der Waals surface area contributed by atoms with Gasteiger partial charge in [0.1, 0.15) is 6.07 Å². The number of nitrogens with zero attached hydrogens (tertiary/aromatic N) is 1. The Kier molecular flexibility index (Phi) is 5.93. The van der Waals surface area contributed by atoms with Crippen molar-refractivity contribution in [1.29, 1.82) is 5.26 Å². The van der Waals surface area contributed by atoms with E-state index in [2.05, 4.69) is 52.9 Å². The fourth-order valence-corrected chi connectivity index (χ4v) is 10.5. The first kappa shape index (κ1) is 28.3. The number of rotatable bonds is 2. The van der Waals surface area contributed by atoms with Gasteiger partial charge in [-0.3, -0.25) is 14.4 Å². The van der Waals surface area contributed by atoms with Crippen molar-refractivity contribution < 1.29 is 14.4 Å². The molecule has 1 N–H and O–H groups in total. The number of carbonyl (C=O) groups excluding carboxylic acids is 3. The molecule has 7 atom stereocenters. The summed E-state index contributed by atoms with van der Waals surface area (Å²) in [5.41, 5.74) is -1.41. The first-order valence-corrected chi connectivity index (χ1v) is 15.1. The number of carbonyl (C=O) groups is 3. The third-order valence-corrected chi connectivity index (χ3v) is 13.7. The van der Waals surface area contributed by atoms with Crippen LogP contribution in [0.2, 0.25) is 0 Å². The summed E-state index contributed by atoms with van der Waals surface area (Å²) in [7, 11) is 0. The number of amides is 1. The third-order valence-electron chi connectivity index (χ3n) is 13.7. The Morgan fingerprint density at radius 3 is 2.23 bits per heavy atom. The van der Waals surface area contributed by atoms with Crippen molar-refractivity contribution in [2.45, 2.75) is 107 Å². The highest BCUT2D eigenvalue weighted by atomic mass is 16.2. The van der Waals surface area contributed by atoms with E-state index in [-0.39, 0.29) is 51.1 Å². The second kappa shape index (κ2) is 8.17. The van der Waals surface area contributed by atoms with Crippen LogP contribution in [0.4, 0.5) is 0 Å². The molecule has 0 spiro atoms. The zero-order chi connectivity index (χ0) is 29.0. The number of nitriles is 1. The maximum Gasteiger partial charge on any atom is 0.226 e. The predicted molar refractivity (Wildman–Crippen MR) is 152 cm³/mol. The lowest BCUT2D eigenvalue weighted by Crippen LogP contribution is -2.68. The molecule has 5 aliphatic carbocycles. The van der Waals surface area contributed by atoms with Crippen molar-refractivity contribution in [2.24, 2.45) is 49.7 Å². The quantitative estimate of drug-likeness (QED) is 0.427. The number of hydrogen-bond acceptors (Lipinski definition) is 4. The lowest BCUT2D eigenvalue weighted by molar-refractivity contribution is -0.183. The smallest absolute Gasteiger partial charge is 0.226 e. The van der Waals surface area contributed by atoms with Crippen molar-refractivity contribution in [3.05, 3.63) is 23.3 Å². The highest BCUT2D eigenvalue weighted by Gasteiger charge is 2.73. The Labute approximate surface area is 235 Å². The highest BCUT2D eigenvalue weighted by molar-refractivity contribution is 6.05. The highest BCUT2D eigenvalue weighted by Crippen LogP contribution is 2.77. The monoisotopic (exact) mass is 532 g/mol. The van der Waals surface area contributed by atoms with E-state index in [4.69, 9.17) is 0 Å².